The zero-order chi connectivity index (χ0) is 12.8. The molecule has 1 aliphatic rings. The Morgan fingerprint density at radius 2 is 2.44 bits per heavy atom. The molecule has 0 aliphatic carbocycles. The number of carbonyl (C=O) groups excluding carboxylic acids is 1. The van der Waals surface area contributed by atoms with Crippen molar-refractivity contribution in [3.8, 4) is 5.75 Å². The lowest BCUT2D eigenvalue weighted by Gasteiger charge is -2.22. The molecule has 1 aromatic rings. The SMILES string of the molecule is CC(=O)Nc1cccc(OC[C@H]2CCCNC2)c1. The zero-order valence-electron chi connectivity index (χ0n) is 10.7. The summed E-state index contributed by atoms with van der Waals surface area (Å²) in [5, 5.41) is 6.12. The monoisotopic (exact) mass is 248 g/mol. The summed E-state index contributed by atoms with van der Waals surface area (Å²) < 4.78 is 5.78. The second-order valence-electron chi connectivity index (χ2n) is 4.73. The maximum atomic E-state index is 11.0. The molecule has 1 heterocycles. The van der Waals surface area contributed by atoms with E-state index in [1.807, 2.05) is 24.3 Å². The molecule has 0 radical (unpaired) electrons. The lowest BCUT2D eigenvalue weighted by molar-refractivity contribution is -0.114. The molecule has 0 spiro atoms. The van der Waals surface area contributed by atoms with Crippen LogP contribution in [0.2, 0.25) is 0 Å². The quantitative estimate of drug-likeness (QED) is 0.857. The minimum atomic E-state index is -0.0661. The Morgan fingerprint density at radius 1 is 1.56 bits per heavy atom. The van der Waals surface area contributed by atoms with Crippen LogP contribution in [0.3, 0.4) is 0 Å². The molecule has 2 N–H and O–H groups in total. The molecule has 2 rings (SSSR count). The van der Waals surface area contributed by atoms with Gasteiger partial charge in [-0.1, -0.05) is 6.07 Å². The van der Waals surface area contributed by atoms with Gasteiger partial charge in [0.15, 0.2) is 0 Å². The molecule has 1 fully saturated rings. The van der Waals surface area contributed by atoms with E-state index in [4.69, 9.17) is 4.74 Å². The zero-order valence-corrected chi connectivity index (χ0v) is 10.7. The van der Waals surface area contributed by atoms with Crippen molar-refractivity contribution in [1.82, 2.24) is 5.32 Å². The van der Waals surface area contributed by atoms with Crippen molar-refractivity contribution in [1.29, 1.82) is 0 Å². The number of anilines is 1. The average Bonchev–Trinajstić information content (AvgIpc) is 2.37. The van der Waals surface area contributed by atoms with Crippen LogP contribution in [0.25, 0.3) is 0 Å². The third-order valence-electron chi connectivity index (χ3n) is 3.04. The van der Waals surface area contributed by atoms with Gasteiger partial charge in [-0.2, -0.15) is 0 Å². The highest BCUT2D eigenvalue weighted by Crippen LogP contribution is 2.19. The molecular formula is C14H20N2O2. The summed E-state index contributed by atoms with van der Waals surface area (Å²) in [7, 11) is 0. The molecule has 1 aliphatic heterocycles. The van der Waals surface area contributed by atoms with Crippen LogP contribution in [0.5, 0.6) is 5.75 Å². The van der Waals surface area contributed by atoms with E-state index >= 15 is 0 Å². The van der Waals surface area contributed by atoms with Crippen molar-refractivity contribution in [3.05, 3.63) is 24.3 Å². The van der Waals surface area contributed by atoms with E-state index < -0.39 is 0 Å². The van der Waals surface area contributed by atoms with Gasteiger partial charge in [-0.3, -0.25) is 4.79 Å². The largest absolute Gasteiger partial charge is 0.493 e. The van der Waals surface area contributed by atoms with E-state index in [1.54, 1.807) is 0 Å². The van der Waals surface area contributed by atoms with Gasteiger partial charge < -0.3 is 15.4 Å². The van der Waals surface area contributed by atoms with Crippen LogP contribution < -0.4 is 15.4 Å². The standard InChI is InChI=1S/C14H20N2O2/c1-11(17)16-13-5-2-6-14(8-13)18-10-12-4-3-7-15-9-12/h2,5-6,8,12,15H,3-4,7,9-10H2,1H3,(H,16,17)/t12-/m0/s1. The maximum Gasteiger partial charge on any atom is 0.221 e. The molecule has 0 bridgehead atoms. The van der Waals surface area contributed by atoms with E-state index in [0.717, 1.165) is 31.1 Å². The number of amides is 1. The fourth-order valence-corrected chi connectivity index (χ4v) is 2.15. The number of ether oxygens (including phenoxy) is 1. The second-order valence-corrected chi connectivity index (χ2v) is 4.73. The van der Waals surface area contributed by atoms with Crippen molar-refractivity contribution >= 4 is 11.6 Å². The fraction of sp³-hybridized carbons (Fsp3) is 0.500. The summed E-state index contributed by atoms with van der Waals surface area (Å²) in [6.07, 6.45) is 2.44. The van der Waals surface area contributed by atoms with Crippen LogP contribution in [0, 0.1) is 5.92 Å². The first-order valence-corrected chi connectivity index (χ1v) is 6.45. The smallest absolute Gasteiger partial charge is 0.221 e. The number of hydrogen-bond donors (Lipinski definition) is 2. The second kappa shape index (κ2) is 6.40. The van der Waals surface area contributed by atoms with E-state index in [9.17, 15) is 4.79 Å². The predicted octanol–water partition coefficient (Wildman–Crippen LogP) is 2.02. The lowest BCUT2D eigenvalue weighted by atomic mass is 10.0. The van der Waals surface area contributed by atoms with Gasteiger partial charge in [0, 0.05) is 31.1 Å². The van der Waals surface area contributed by atoms with Gasteiger partial charge >= 0.3 is 0 Å². The minimum Gasteiger partial charge on any atom is -0.493 e. The van der Waals surface area contributed by atoms with E-state index in [-0.39, 0.29) is 5.91 Å². The van der Waals surface area contributed by atoms with Gasteiger partial charge in [0.05, 0.1) is 6.61 Å². The first kappa shape index (κ1) is 12.9. The summed E-state index contributed by atoms with van der Waals surface area (Å²) >= 11 is 0. The summed E-state index contributed by atoms with van der Waals surface area (Å²) in [6.45, 7) is 4.39. The Morgan fingerprint density at radius 3 is 3.17 bits per heavy atom. The summed E-state index contributed by atoms with van der Waals surface area (Å²) in [4.78, 5) is 11.0. The van der Waals surface area contributed by atoms with Gasteiger partial charge in [0.25, 0.3) is 0 Å². The van der Waals surface area contributed by atoms with Crippen molar-refractivity contribution in [3.63, 3.8) is 0 Å². The van der Waals surface area contributed by atoms with E-state index in [2.05, 4.69) is 10.6 Å². The third-order valence-corrected chi connectivity index (χ3v) is 3.04. The molecule has 1 atom stereocenters. The van der Waals surface area contributed by atoms with Crippen LogP contribution in [0.1, 0.15) is 19.8 Å². The number of piperidine rings is 1. The van der Waals surface area contributed by atoms with Crippen molar-refractivity contribution < 1.29 is 9.53 Å². The maximum absolute atomic E-state index is 11.0. The molecule has 1 amide bonds. The molecule has 4 heteroatoms. The first-order valence-electron chi connectivity index (χ1n) is 6.45. The van der Waals surface area contributed by atoms with Gasteiger partial charge in [-0.05, 0) is 31.5 Å². The highest BCUT2D eigenvalue weighted by Gasteiger charge is 2.13. The normalized spacial score (nSPS) is 19.3. The average molecular weight is 248 g/mol. The fourth-order valence-electron chi connectivity index (χ4n) is 2.15. The highest BCUT2D eigenvalue weighted by atomic mass is 16.5. The number of benzene rings is 1. The summed E-state index contributed by atoms with van der Waals surface area (Å²) in [5.74, 6) is 1.33. The highest BCUT2D eigenvalue weighted by molar-refractivity contribution is 5.88. The Hall–Kier alpha value is -1.55. The van der Waals surface area contributed by atoms with Crippen molar-refractivity contribution in [2.24, 2.45) is 5.92 Å². The molecule has 1 aromatic carbocycles. The number of nitrogens with one attached hydrogen (secondary N) is 2. The topological polar surface area (TPSA) is 50.4 Å². The summed E-state index contributed by atoms with van der Waals surface area (Å²) in [6, 6.07) is 7.52. The van der Waals surface area contributed by atoms with Crippen LogP contribution >= 0.6 is 0 Å². The molecule has 18 heavy (non-hydrogen) atoms. The predicted molar refractivity (Wildman–Crippen MR) is 71.8 cm³/mol. The molecule has 0 saturated carbocycles. The molecule has 0 unspecified atom stereocenters. The third kappa shape index (κ3) is 4.04. The van der Waals surface area contributed by atoms with Gasteiger partial charge in [0.2, 0.25) is 5.91 Å². The Balaban J connectivity index is 1.86. The number of hydrogen-bond acceptors (Lipinski definition) is 3. The van der Waals surface area contributed by atoms with E-state index in [0.29, 0.717) is 5.92 Å². The minimum absolute atomic E-state index is 0.0661. The van der Waals surface area contributed by atoms with Crippen molar-refractivity contribution in [2.75, 3.05) is 25.0 Å². The summed E-state index contributed by atoms with van der Waals surface area (Å²) in [5.41, 5.74) is 0.779. The van der Waals surface area contributed by atoms with Crippen LogP contribution in [-0.2, 0) is 4.79 Å². The van der Waals surface area contributed by atoms with Gasteiger partial charge in [-0.15, -0.1) is 0 Å². The first-order chi connectivity index (χ1) is 8.74. The molecule has 1 saturated heterocycles. The molecule has 4 nitrogen and oxygen atoms in total. The van der Waals surface area contributed by atoms with Crippen molar-refractivity contribution in [2.45, 2.75) is 19.8 Å². The number of rotatable bonds is 4. The van der Waals surface area contributed by atoms with Crippen LogP contribution in [0.4, 0.5) is 5.69 Å². The lowest BCUT2D eigenvalue weighted by Crippen LogP contribution is -2.33. The van der Waals surface area contributed by atoms with Crippen LogP contribution in [-0.4, -0.2) is 25.6 Å². The molecule has 0 aromatic heterocycles. The van der Waals surface area contributed by atoms with Crippen LogP contribution in [0.15, 0.2) is 24.3 Å². The Labute approximate surface area is 108 Å². The molecule has 98 valence electrons. The Kier molecular flexibility index (Phi) is 4.59. The molecular weight excluding hydrogens is 228 g/mol. The number of carbonyl (C=O) groups is 1. The Bertz CT molecular complexity index is 401. The van der Waals surface area contributed by atoms with Gasteiger partial charge in [0.1, 0.15) is 5.75 Å². The van der Waals surface area contributed by atoms with Gasteiger partial charge in [-0.25, -0.2) is 0 Å². The van der Waals surface area contributed by atoms with E-state index in [1.165, 1.54) is 19.8 Å².